The summed E-state index contributed by atoms with van der Waals surface area (Å²) in [7, 11) is 0. The summed E-state index contributed by atoms with van der Waals surface area (Å²) in [6.45, 7) is 2.78. The Labute approximate surface area is 94.9 Å². The van der Waals surface area contributed by atoms with Gasteiger partial charge < -0.3 is 15.7 Å². The van der Waals surface area contributed by atoms with E-state index in [9.17, 15) is 0 Å². The van der Waals surface area contributed by atoms with Crippen molar-refractivity contribution in [1.82, 2.24) is 4.98 Å². The first-order valence-electron chi connectivity index (χ1n) is 5.35. The summed E-state index contributed by atoms with van der Waals surface area (Å²) >= 11 is 0. The number of hydrogen-bond donors (Lipinski definition) is 2. The Hall–Kier alpha value is -1.78. The van der Waals surface area contributed by atoms with Crippen LogP contribution in [0.2, 0.25) is 0 Å². The van der Waals surface area contributed by atoms with Gasteiger partial charge in [0.2, 0.25) is 5.88 Å². The molecule has 0 aromatic carbocycles. The monoisotopic (exact) mass is 223 g/mol. The molecule has 0 aliphatic rings. The fourth-order valence-electron chi connectivity index (χ4n) is 1.22. The Bertz CT molecular complexity index is 353. The zero-order chi connectivity index (χ0) is 11.8. The predicted molar refractivity (Wildman–Crippen MR) is 61.8 cm³/mol. The van der Waals surface area contributed by atoms with Gasteiger partial charge in [0.15, 0.2) is 5.84 Å². The molecule has 0 saturated heterocycles. The summed E-state index contributed by atoms with van der Waals surface area (Å²) < 4.78 is 5.44. The van der Waals surface area contributed by atoms with Crippen LogP contribution in [0.5, 0.6) is 5.88 Å². The van der Waals surface area contributed by atoms with E-state index >= 15 is 0 Å². The molecule has 0 radical (unpaired) electrons. The Morgan fingerprint density at radius 3 is 3.00 bits per heavy atom. The van der Waals surface area contributed by atoms with Crippen molar-refractivity contribution in [2.75, 3.05) is 6.61 Å². The van der Waals surface area contributed by atoms with Crippen LogP contribution in [0.3, 0.4) is 0 Å². The number of pyridine rings is 1. The first-order valence-corrected chi connectivity index (χ1v) is 5.35. The molecule has 0 unspecified atom stereocenters. The lowest BCUT2D eigenvalue weighted by Gasteiger charge is -2.05. The summed E-state index contributed by atoms with van der Waals surface area (Å²) in [5, 5.41) is 11.4. The second-order valence-corrected chi connectivity index (χ2v) is 3.40. The average Bonchev–Trinajstić information content (AvgIpc) is 2.34. The van der Waals surface area contributed by atoms with E-state index < -0.39 is 0 Å². The van der Waals surface area contributed by atoms with E-state index in [0.717, 1.165) is 19.3 Å². The second-order valence-electron chi connectivity index (χ2n) is 3.40. The molecule has 0 amide bonds. The van der Waals surface area contributed by atoms with Gasteiger partial charge in [-0.05, 0) is 12.5 Å². The fourth-order valence-corrected chi connectivity index (χ4v) is 1.22. The van der Waals surface area contributed by atoms with Crippen LogP contribution in [0.25, 0.3) is 0 Å². The molecule has 0 aliphatic heterocycles. The molecule has 1 heterocycles. The molecule has 1 aromatic rings. The van der Waals surface area contributed by atoms with Crippen molar-refractivity contribution in [1.29, 1.82) is 0 Å². The van der Waals surface area contributed by atoms with Gasteiger partial charge in [-0.3, -0.25) is 0 Å². The van der Waals surface area contributed by atoms with Gasteiger partial charge in [0.1, 0.15) is 5.69 Å². The van der Waals surface area contributed by atoms with E-state index in [1.807, 2.05) is 0 Å². The third-order valence-electron chi connectivity index (χ3n) is 2.09. The summed E-state index contributed by atoms with van der Waals surface area (Å²) in [6, 6.07) is 5.17. The van der Waals surface area contributed by atoms with Gasteiger partial charge in [0, 0.05) is 6.07 Å². The fraction of sp³-hybridized carbons (Fsp3) is 0.455. The molecule has 0 aliphatic carbocycles. The van der Waals surface area contributed by atoms with Crippen molar-refractivity contribution in [3.63, 3.8) is 0 Å². The van der Waals surface area contributed by atoms with Crippen molar-refractivity contribution < 1.29 is 9.94 Å². The topological polar surface area (TPSA) is 80.7 Å². The number of aromatic nitrogens is 1. The molecule has 5 nitrogen and oxygen atoms in total. The number of oxime groups is 1. The molecule has 0 atom stereocenters. The molecule has 0 saturated carbocycles. The highest BCUT2D eigenvalue weighted by Gasteiger charge is 2.02. The lowest BCUT2D eigenvalue weighted by atomic mass is 10.3. The minimum atomic E-state index is -0.0148. The molecule has 0 fully saturated rings. The van der Waals surface area contributed by atoms with Crippen molar-refractivity contribution in [3.05, 3.63) is 23.9 Å². The average molecular weight is 223 g/mol. The normalized spacial score (nSPS) is 11.4. The molecule has 5 heteroatoms. The zero-order valence-electron chi connectivity index (χ0n) is 9.39. The summed E-state index contributed by atoms with van der Waals surface area (Å²) in [5.41, 5.74) is 5.83. The Morgan fingerprint density at radius 1 is 1.50 bits per heavy atom. The van der Waals surface area contributed by atoms with Gasteiger partial charge in [-0.25, -0.2) is 4.98 Å². The second kappa shape index (κ2) is 6.66. The standard InChI is InChI=1S/C11H17N3O2/c1-2-3-4-8-16-10-7-5-6-9(13-10)11(12)14-15/h5-7,15H,2-4,8H2,1H3,(H2,12,14). The van der Waals surface area contributed by atoms with Crippen LogP contribution < -0.4 is 10.5 Å². The predicted octanol–water partition coefficient (Wildman–Crippen LogP) is 1.75. The number of hydrogen-bond acceptors (Lipinski definition) is 4. The van der Waals surface area contributed by atoms with Crippen LogP contribution in [-0.4, -0.2) is 22.6 Å². The van der Waals surface area contributed by atoms with E-state index in [1.54, 1.807) is 18.2 Å². The van der Waals surface area contributed by atoms with E-state index in [0.29, 0.717) is 18.2 Å². The molecular weight excluding hydrogens is 206 g/mol. The zero-order valence-corrected chi connectivity index (χ0v) is 9.39. The van der Waals surface area contributed by atoms with Gasteiger partial charge >= 0.3 is 0 Å². The largest absolute Gasteiger partial charge is 0.478 e. The smallest absolute Gasteiger partial charge is 0.213 e. The van der Waals surface area contributed by atoms with Crippen LogP contribution in [-0.2, 0) is 0 Å². The SMILES string of the molecule is CCCCCOc1cccc(C(N)=NO)n1. The summed E-state index contributed by atoms with van der Waals surface area (Å²) in [6.07, 6.45) is 3.30. The summed E-state index contributed by atoms with van der Waals surface area (Å²) in [4.78, 5) is 4.10. The number of nitrogens with two attached hydrogens (primary N) is 1. The van der Waals surface area contributed by atoms with E-state index in [1.165, 1.54) is 0 Å². The van der Waals surface area contributed by atoms with E-state index in [-0.39, 0.29) is 5.84 Å². The van der Waals surface area contributed by atoms with Crippen LogP contribution >= 0.6 is 0 Å². The molecule has 1 rings (SSSR count). The Balaban J connectivity index is 2.54. The molecule has 16 heavy (non-hydrogen) atoms. The van der Waals surface area contributed by atoms with Crippen molar-refractivity contribution in [2.45, 2.75) is 26.2 Å². The highest BCUT2D eigenvalue weighted by Crippen LogP contribution is 2.08. The highest BCUT2D eigenvalue weighted by molar-refractivity contribution is 5.95. The number of unbranched alkanes of at least 4 members (excludes halogenated alkanes) is 2. The van der Waals surface area contributed by atoms with Gasteiger partial charge in [-0.1, -0.05) is 31.0 Å². The van der Waals surface area contributed by atoms with Gasteiger partial charge in [0.25, 0.3) is 0 Å². The quantitative estimate of drug-likeness (QED) is 0.253. The lowest BCUT2D eigenvalue weighted by Crippen LogP contribution is -2.15. The van der Waals surface area contributed by atoms with Gasteiger partial charge in [0.05, 0.1) is 6.61 Å². The third kappa shape index (κ3) is 3.76. The van der Waals surface area contributed by atoms with Crippen LogP contribution in [0, 0.1) is 0 Å². The lowest BCUT2D eigenvalue weighted by molar-refractivity contribution is 0.294. The first kappa shape index (κ1) is 12.3. The maximum atomic E-state index is 8.51. The van der Waals surface area contributed by atoms with Gasteiger partial charge in [-0.2, -0.15) is 0 Å². The Morgan fingerprint density at radius 2 is 2.31 bits per heavy atom. The molecule has 0 bridgehead atoms. The summed E-state index contributed by atoms with van der Waals surface area (Å²) in [5.74, 6) is 0.485. The van der Waals surface area contributed by atoms with E-state index in [2.05, 4.69) is 17.1 Å². The minimum Gasteiger partial charge on any atom is -0.478 e. The Kier molecular flexibility index (Phi) is 5.11. The molecule has 1 aromatic heterocycles. The molecule has 88 valence electrons. The van der Waals surface area contributed by atoms with E-state index in [4.69, 9.17) is 15.7 Å². The van der Waals surface area contributed by atoms with Gasteiger partial charge in [-0.15, -0.1) is 0 Å². The van der Waals surface area contributed by atoms with Crippen molar-refractivity contribution in [2.24, 2.45) is 10.9 Å². The van der Waals surface area contributed by atoms with Crippen molar-refractivity contribution in [3.8, 4) is 5.88 Å². The highest BCUT2D eigenvalue weighted by atomic mass is 16.5. The number of nitrogens with zero attached hydrogens (tertiary/aromatic N) is 2. The molecular formula is C11H17N3O2. The maximum Gasteiger partial charge on any atom is 0.213 e. The number of ether oxygens (including phenoxy) is 1. The van der Waals surface area contributed by atoms with Crippen LogP contribution in [0.15, 0.2) is 23.4 Å². The van der Waals surface area contributed by atoms with Crippen molar-refractivity contribution >= 4 is 5.84 Å². The first-order chi connectivity index (χ1) is 7.77. The maximum absolute atomic E-state index is 8.51. The molecule has 0 spiro atoms. The molecule has 3 N–H and O–H groups in total. The van der Waals surface area contributed by atoms with Crippen LogP contribution in [0.4, 0.5) is 0 Å². The third-order valence-corrected chi connectivity index (χ3v) is 2.09. The number of amidine groups is 1. The minimum absolute atomic E-state index is 0.0148. The van der Waals surface area contributed by atoms with Crippen LogP contribution in [0.1, 0.15) is 31.9 Å². The number of rotatable bonds is 6.